The molecular formula is C24H22Cl2N4O3. The summed E-state index contributed by atoms with van der Waals surface area (Å²) in [5, 5.41) is 0.979. The number of benzene rings is 2. The van der Waals surface area contributed by atoms with E-state index < -0.39 is 5.91 Å². The number of rotatable bonds is 6. The molecule has 2 aromatic carbocycles. The van der Waals surface area contributed by atoms with Gasteiger partial charge in [0.25, 0.3) is 11.8 Å². The van der Waals surface area contributed by atoms with Crippen molar-refractivity contribution >= 4 is 40.8 Å². The van der Waals surface area contributed by atoms with E-state index in [1.54, 1.807) is 48.7 Å². The predicted molar refractivity (Wildman–Crippen MR) is 128 cm³/mol. The van der Waals surface area contributed by atoms with E-state index in [1.165, 1.54) is 0 Å². The molecule has 1 fully saturated rings. The van der Waals surface area contributed by atoms with Gasteiger partial charge in [-0.25, -0.2) is 4.98 Å². The third-order valence-corrected chi connectivity index (χ3v) is 5.86. The molecule has 4 rings (SSSR count). The van der Waals surface area contributed by atoms with E-state index in [0.29, 0.717) is 58.9 Å². The third kappa shape index (κ3) is 5.38. The molecule has 7 nitrogen and oxygen atoms in total. The molecule has 0 spiro atoms. The van der Waals surface area contributed by atoms with Crippen LogP contribution in [0.15, 0.2) is 60.8 Å². The zero-order valence-electron chi connectivity index (χ0n) is 17.7. The molecule has 0 bridgehead atoms. The molecule has 0 atom stereocenters. The Morgan fingerprint density at radius 2 is 1.76 bits per heavy atom. The van der Waals surface area contributed by atoms with Crippen LogP contribution in [0, 0.1) is 0 Å². The number of carbonyl (C=O) groups is 2. The lowest BCUT2D eigenvalue weighted by Gasteiger charge is -2.35. The minimum atomic E-state index is -0.552. The maximum absolute atomic E-state index is 13.1. The summed E-state index contributed by atoms with van der Waals surface area (Å²) < 4.78 is 5.79. The minimum absolute atomic E-state index is 0.0517. The van der Waals surface area contributed by atoms with Gasteiger partial charge in [-0.05, 0) is 35.9 Å². The summed E-state index contributed by atoms with van der Waals surface area (Å²) in [6.45, 7) is 2.54. The van der Waals surface area contributed by atoms with Gasteiger partial charge in [0.05, 0.1) is 15.6 Å². The molecule has 3 aromatic rings. The van der Waals surface area contributed by atoms with Crippen LogP contribution in [0.25, 0.3) is 0 Å². The van der Waals surface area contributed by atoms with Crippen LogP contribution in [0.5, 0.6) is 5.75 Å². The van der Waals surface area contributed by atoms with Crippen molar-refractivity contribution in [3.63, 3.8) is 0 Å². The number of nitrogens with two attached hydrogens (primary N) is 1. The van der Waals surface area contributed by atoms with Crippen molar-refractivity contribution < 1.29 is 14.3 Å². The number of carbonyl (C=O) groups excluding carboxylic acids is 2. The molecule has 9 heteroatoms. The topological polar surface area (TPSA) is 88.8 Å². The van der Waals surface area contributed by atoms with Crippen molar-refractivity contribution in [1.29, 1.82) is 0 Å². The van der Waals surface area contributed by atoms with E-state index in [2.05, 4.69) is 4.98 Å². The lowest BCUT2D eigenvalue weighted by atomic mass is 10.1. The molecule has 170 valence electrons. The highest BCUT2D eigenvalue weighted by molar-refractivity contribution is 6.36. The quantitative estimate of drug-likeness (QED) is 0.570. The number of para-hydroxylation sites is 1. The van der Waals surface area contributed by atoms with Crippen LogP contribution in [0.2, 0.25) is 10.0 Å². The Hall–Kier alpha value is -3.29. The van der Waals surface area contributed by atoms with Crippen molar-refractivity contribution in [1.82, 2.24) is 9.88 Å². The molecule has 1 aliphatic heterocycles. The summed E-state index contributed by atoms with van der Waals surface area (Å²) in [6, 6.07) is 15.7. The molecule has 2 heterocycles. The van der Waals surface area contributed by atoms with Crippen LogP contribution in [0.3, 0.4) is 0 Å². The molecule has 1 saturated heterocycles. The third-order valence-electron chi connectivity index (χ3n) is 5.38. The van der Waals surface area contributed by atoms with E-state index in [-0.39, 0.29) is 12.5 Å². The fraction of sp³-hybridized carbons (Fsp3) is 0.208. The number of amides is 2. The second kappa shape index (κ2) is 10.1. The first-order chi connectivity index (χ1) is 15.9. The Bertz CT molecular complexity index is 1180. The Kier molecular flexibility index (Phi) is 7.01. The number of piperazine rings is 1. The van der Waals surface area contributed by atoms with Gasteiger partial charge < -0.3 is 20.3 Å². The van der Waals surface area contributed by atoms with Crippen molar-refractivity contribution in [3.05, 3.63) is 87.5 Å². The number of nitrogens with zero attached hydrogens (tertiary/aromatic N) is 3. The number of primary amides is 1. The minimum Gasteiger partial charge on any atom is -0.488 e. The zero-order valence-corrected chi connectivity index (χ0v) is 19.2. The fourth-order valence-electron chi connectivity index (χ4n) is 3.70. The van der Waals surface area contributed by atoms with Gasteiger partial charge in [0.1, 0.15) is 18.2 Å². The molecular weight excluding hydrogens is 463 g/mol. The molecule has 0 unspecified atom stereocenters. The van der Waals surface area contributed by atoms with Gasteiger partial charge in [0.15, 0.2) is 0 Å². The number of anilines is 1. The van der Waals surface area contributed by atoms with Gasteiger partial charge in [-0.15, -0.1) is 0 Å². The van der Waals surface area contributed by atoms with Crippen LogP contribution in [-0.4, -0.2) is 47.9 Å². The standard InChI is InChI=1S/C24H22Cl2N4O3/c25-18-13-20(26)23(28-14-18)29-8-10-30(11-9-29)24(32)17-5-3-4-16(12-17)15-33-21-7-2-1-6-19(21)22(27)31/h1-7,12-14H,8-11,15H2,(H2,27,31). The van der Waals surface area contributed by atoms with Crippen LogP contribution >= 0.6 is 23.2 Å². The fourth-order valence-corrected chi connectivity index (χ4v) is 4.19. The number of hydrogen-bond acceptors (Lipinski definition) is 5. The molecule has 0 aliphatic carbocycles. The lowest BCUT2D eigenvalue weighted by Crippen LogP contribution is -2.49. The second-order valence-electron chi connectivity index (χ2n) is 7.59. The van der Waals surface area contributed by atoms with Crippen molar-refractivity contribution in [2.24, 2.45) is 5.73 Å². The number of aromatic nitrogens is 1. The highest BCUT2D eigenvalue weighted by Crippen LogP contribution is 2.27. The number of hydrogen-bond donors (Lipinski definition) is 1. The first kappa shape index (κ1) is 22.9. The van der Waals surface area contributed by atoms with E-state index in [4.69, 9.17) is 33.7 Å². The largest absolute Gasteiger partial charge is 0.488 e. The molecule has 2 N–H and O–H groups in total. The Balaban J connectivity index is 1.39. The monoisotopic (exact) mass is 484 g/mol. The highest BCUT2D eigenvalue weighted by Gasteiger charge is 2.24. The van der Waals surface area contributed by atoms with E-state index in [9.17, 15) is 9.59 Å². The molecule has 0 radical (unpaired) electrons. The molecule has 2 amide bonds. The summed E-state index contributed by atoms with van der Waals surface area (Å²) in [7, 11) is 0. The van der Waals surface area contributed by atoms with Gasteiger partial charge in [-0.2, -0.15) is 0 Å². The maximum Gasteiger partial charge on any atom is 0.253 e. The summed E-state index contributed by atoms with van der Waals surface area (Å²) in [4.78, 5) is 32.8. The smallest absolute Gasteiger partial charge is 0.253 e. The van der Waals surface area contributed by atoms with Crippen molar-refractivity contribution in [2.75, 3.05) is 31.1 Å². The lowest BCUT2D eigenvalue weighted by molar-refractivity contribution is 0.0746. The van der Waals surface area contributed by atoms with E-state index >= 15 is 0 Å². The van der Waals surface area contributed by atoms with Crippen molar-refractivity contribution in [2.45, 2.75) is 6.61 Å². The van der Waals surface area contributed by atoms with Gasteiger partial charge in [0, 0.05) is 37.9 Å². The molecule has 1 aromatic heterocycles. The Morgan fingerprint density at radius 3 is 2.48 bits per heavy atom. The van der Waals surface area contributed by atoms with E-state index in [0.717, 1.165) is 5.56 Å². The Morgan fingerprint density at radius 1 is 1.00 bits per heavy atom. The summed E-state index contributed by atoms with van der Waals surface area (Å²) in [6.07, 6.45) is 1.57. The van der Waals surface area contributed by atoms with Crippen LogP contribution in [-0.2, 0) is 6.61 Å². The number of halogens is 2. The van der Waals surface area contributed by atoms with Gasteiger partial charge >= 0.3 is 0 Å². The van der Waals surface area contributed by atoms with Crippen LogP contribution in [0.1, 0.15) is 26.3 Å². The summed E-state index contributed by atoms with van der Waals surface area (Å²) in [5.74, 6) is 0.476. The highest BCUT2D eigenvalue weighted by atomic mass is 35.5. The van der Waals surface area contributed by atoms with Gasteiger partial charge in [-0.3, -0.25) is 9.59 Å². The maximum atomic E-state index is 13.1. The first-order valence-corrected chi connectivity index (χ1v) is 11.1. The molecule has 1 aliphatic rings. The number of pyridine rings is 1. The van der Waals surface area contributed by atoms with E-state index in [1.807, 2.05) is 21.9 Å². The molecule has 0 saturated carbocycles. The first-order valence-electron chi connectivity index (χ1n) is 10.4. The number of ether oxygens (including phenoxy) is 1. The second-order valence-corrected chi connectivity index (χ2v) is 8.43. The van der Waals surface area contributed by atoms with Gasteiger partial charge in [0.2, 0.25) is 0 Å². The summed E-state index contributed by atoms with van der Waals surface area (Å²) in [5.41, 5.74) is 7.11. The normalized spacial score (nSPS) is 13.6. The summed E-state index contributed by atoms with van der Waals surface area (Å²) >= 11 is 12.2. The SMILES string of the molecule is NC(=O)c1ccccc1OCc1cccc(C(=O)N2CCN(c3ncc(Cl)cc3Cl)CC2)c1. The molecule has 33 heavy (non-hydrogen) atoms. The van der Waals surface area contributed by atoms with Gasteiger partial charge in [-0.1, -0.05) is 47.5 Å². The average molecular weight is 485 g/mol. The van der Waals surface area contributed by atoms with Crippen molar-refractivity contribution in [3.8, 4) is 5.75 Å². The van der Waals surface area contributed by atoms with Crippen LogP contribution < -0.4 is 15.4 Å². The zero-order chi connectivity index (χ0) is 23.4. The van der Waals surface area contributed by atoms with Crippen LogP contribution in [0.4, 0.5) is 5.82 Å². The average Bonchev–Trinajstić information content (AvgIpc) is 2.83. The Labute approximate surface area is 201 Å². The predicted octanol–water partition coefficient (Wildman–Crippen LogP) is 4.03.